The third-order valence-electron chi connectivity index (χ3n) is 2.23. The van der Waals surface area contributed by atoms with Crippen LogP contribution in [0.25, 0.3) is 0 Å². The monoisotopic (exact) mass is 192 g/mol. The maximum absolute atomic E-state index is 5.91. The summed E-state index contributed by atoms with van der Waals surface area (Å²) in [7, 11) is 0.871. The zero-order chi connectivity index (χ0) is 9.78. The van der Waals surface area contributed by atoms with Crippen molar-refractivity contribution in [2.24, 2.45) is 11.5 Å². The van der Waals surface area contributed by atoms with Crippen LogP contribution < -0.4 is 11.5 Å². The van der Waals surface area contributed by atoms with Crippen LogP contribution in [-0.2, 0) is 8.85 Å². The molecule has 0 aliphatic rings. The van der Waals surface area contributed by atoms with E-state index in [-0.39, 0.29) is 11.3 Å². The van der Waals surface area contributed by atoms with E-state index in [9.17, 15) is 0 Å². The van der Waals surface area contributed by atoms with Crippen LogP contribution >= 0.6 is 0 Å². The number of rotatable bonds is 5. The van der Waals surface area contributed by atoms with Crippen LogP contribution in [0.4, 0.5) is 0 Å². The SMILES string of the molecule is CCC(N)[Si](OC)(OC)C(C)N. The lowest BCUT2D eigenvalue weighted by molar-refractivity contribution is 0.219. The lowest BCUT2D eigenvalue weighted by Crippen LogP contribution is -2.66. The molecule has 2 atom stereocenters. The van der Waals surface area contributed by atoms with Gasteiger partial charge in [-0.05, 0) is 13.3 Å². The topological polar surface area (TPSA) is 70.5 Å². The lowest BCUT2D eigenvalue weighted by atomic mass is 10.5. The summed E-state index contributed by atoms with van der Waals surface area (Å²) in [6.07, 6.45) is 0.829. The fourth-order valence-electron chi connectivity index (χ4n) is 1.38. The molecule has 0 fully saturated rings. The van der Waals surface area contributed by atoms with Crippen LogP contribution in [0, 0.1) is 0 Å². The van der Waals surface area contributed by atoms with Crippen molar-refractivity contribution in [2.45, 2.75) is 31.6 Å². The average molecular weight is 192 g/mol. The van der Waals surface area contributed by atoms with Crippen molar-refractivity contribution in [3.8, 4) is 0 Å². The van der Waals surface area contributed by atoms with Crippen molar-refractivity contribution in [2.75, 3.05) is 14.2 Å². The van der Waals surface area contributed by atoms with Gasteiger partial charge in [-0.1, -0.05) is 6.92 Å². The molecule has 0 aromatic carbocycles. The Kier molecular flexibility index (Phi) is 4.96. The maximum Gasteiger partial charge on any atom is 0.371 e. The predicted molar refractivity (Wildman–Crippen MR) is 51.7 cm³/mol. The molecule has 0 heterocycles. The van der Waals surface area contributed by atoms with Gasteiger partial charge in [0.2, 0.25) is 0 Å². The second-order valence-electron chi connectivity index (χ2n) is 2.93. The van der Waals surface area contributed by atoms with Crippen LogP contribution in [0.2, 0.25) is 0 Å². The van der Waals surface area contributed by atoms with Gasteiger partial charge in [0, 0.05) is 25.5 Å². The summed E-state index contributed by atoms with van der Waals surface area (Å²) in [5.41, 5.74) is 11.5. The molecule has 4 N–H and O–H groups in total. The van der Waals surface area contributed by atoms with Gasteiger partial charge >= 0.3 is 8.56 Å². The standard InChI is InChI=1S/C7H20N2O2Si/c1-5-7(9)12(10-3,11-4)6(2)8/h6-7H,5,8-9H2,1-4H3. The van der Waals surface area contributed by atoms with E-state index in [1.807, 2.05) is 13.8 Å². The van der Waals surface area contributed by atoms with Crippen LogP contribution in [0.1, 0.15) is 20.3 Å². The molecular weight excluding hydrogens is 172 g/mol. The van der Waals surface area contributed by atoms with Gasteiger partial charge in [-0.2, -0.15) is 0 Å². The molecule has 0 bridgehead atoms. The van der Waals surface area contributed by atoms with Gasteiger partial charge < -0.3 is 20.3 Å². The van der Waals surface area contributed by atoms with Crippen molar-refractivity contribution < 1.29 is 8.85 Å². The Morgan fingerprint density at radius 2 is 1.67 bits per heavy atom. The summed E-state index contributed by atoms with van der Waals surface area (Å²) < 4.78 is 10.7. The molecule has 0 aliphatic carbocycles. The molecule has 2 unspecified atom stereocenters. The first-order chi connectivity index (χ1) is 5.55. The predicted octanol–water partition coefficient (Wildman–Crippen LogP) is -0.116. The zero-order valence-corrected chi connectivity index (χ0v) is 9.33. The smallest absolute Gasteiger partial charge is 0.371 e. The second kappa shape index (κ2) is 4.93. The summed E-state index contributed by atoms with van der Waals surface area (Å²) in [6.45, 7) is 3.89. The number of hydrogen-bond donors (Lipinski definition) is 2. The van der Waals surface area contributed by atoms with Crippen LogP contribution in [-0.4, -0.2) is 34.1 Å². The lowest BCUT2D eigenvalue weighted by Gasteiger charge is -2.35. The molecule has 0 aromatic rings. The highest BCUT2D eigenvalue weighted by Crippen LogP contribution is 2.14. The zero-order valence-electron chi connectivity index (χ0n) is 8.33. The second-order valence-corrected chi connectivity index (χ2v) is 6.84. The Hall–Kier alpha value is 0.0569. The van der Waals surface area contributed by atoms with Crippen molar-refractivity contribution in [3.63, 3.8) is 0 Å². The average Bonchev–Trinajstić information content (AvgIpc) is 2.06. The molecule has 0 saturated carbocycles. The highest BCUT2D eigenvalue weighted by atomic mass is 28.4. The minimum Gasteiger partial charge on any atom is -0.396 e. The Morgan fingerprint density at radius 1 is 1.25 bits per heavy atom. The van der Waals surface area contributed by atoms with Crippen molar-refractivity contribution in [1.29, 1.82) is 0 Å². The Morgan fingerprint density at radius 3 is 1.75 bits per heavy atom. The summed E-state index contributed by atoms with van der Waals surface area (Å²) in [4.78, 5) is 0. The van der Waals surface area contributed by atoms with Gasteiger partial charge in [0.15, 0.2) is 0 Å². The minimum atomic E-state index is -2.37. The highest BCUT2D eigenvalue weighted by molar-refractivity contribution is 6.70. The van der Waals surface area contributed by atoms with E-state index in [1.165, 1.54) is 0 Å². The molecule has 12 heavy (non-hydrogen) atoms. The summed E-state index contributed by atoms with van der Waals surface area (Å²) in [5, 5.41) is 0. The molecule has 0 saturated heterocycles. The first-order valence-corrected chi connectivity index (χ1v) is 6.13. The fraction of sp³-hybridized carbons (Fsp3) is 1.00. The Bertz CT molecular complexity index is 129. The van der Waals surface area contributed by atoms with Crippen LogP contribution in [0.15, 0.2) is 0 Å². The number of nitrogens with two attached hydrogens (primary N) is 2. The molecule has 0 amide bonds. The molecular formula is C7H20N2O2Si. The molecule has 0 aromatic heterocycles. The molecule has 0 radical (unpaired) electrons. The van der Waals surface area contributed by atoms with Gasteiger partial charge in [0.25, 0.3) is 0 Å². The van der Waals surface area contributed by atoms with Gasteiger partial charge in [-0.3, -0.25) is 0 Å². The molecule has 0 spiro atoms. The van der Waals surface area contributed by atoms with Gasteiger partial charge in [0.05, 0.1) is 0 Å². The summed E-state index contributed by atoms with van der Waals surface area (Å²) in [5.74, 6) is 0. The van der Waals surface area contributed by atoms with Gasteiger partial charge in [-0.15, -0.1) is 0 Å². The van der Waals surface area contributed by atoms with Crippen LogP contribution in [0.5, 0.6) is 0 Å². The normalized spacial score (nSPS) is 17.5. The first-order valence-electron chi connectivity index (χ1n) is 4.16. The van der Waals surface area contributed by atoms with Crippen molar-refractivity contribution in [1.82, 2.24) is 0 Å². The Labute approximate surface area is 75.5 Å². The maximum atomic E-state index is 5.91. The quantitative estimate of drug-likeness (QED) is 0.596. The highest BCUT2D eigenvalue weighted by Gasteiger charge is 2.45. The van der Waals surface area contributed by atoms with Crippen molar-refractivity contribution >= 4 is 8.56 Å². The molecule has 0 aliphatic heterocycles. The summed E-state index contributed by atoms with van der Waals surface area (Å²) in [6, 6.07) is 0. The van der Waals surface area contributed by atoms with E-state index in [0.29, 0.717) is 0 Å². The third-order valence-corrected chi connectivity index (χ3v) is 6.22. The Balaban J connectivity index is 4.56. The van der Waals surface area contributed by atoms with E-state index >= 15 is 0 Å². The summed E-state index contributed by atoms with van der Waals surface area (Å²) >= 11 is 0. The van der Waals surface area contributed by atoms with E-state index < -0.39 is 8.56 Å². The molecule has 5 heteroatoms. The third kappa shape index (κ3) is 2.05. The first kappa shape index (κ1) is 12.1. The largest absolute Gasteiger partial charge is 0.396 e. The molecule has 0 rings (SSSR count). The van der Waals surface area contributed by atoms with Crippen molar-refractivity contribution in [3.05, 3.63) is 0 Å². The minimum absolute atomic E-state index is 0.0625. The number of hydrogen-bond acceptors (Lipinski definition) is 4. The fourth-order valence-corrected chi connectivity index (χ4v) is 4.14. The molecule has 4 nitrogen and oxygen atoms in total. The van der Waals surface area contributed by atoms with Gasteiger partial charge in [0.1, 0.15) is 0 Å². The van der Waals surface area contributed by atoms with Gasteiger partial charge in [-0.25, -0.2) is 0 Å². The molecule has 74 valence electrons. The van der Waals surface area contributed by atoms with E-state index in [4.69, 9.17) is 20.3 Å². The van der Waals surface area contributed by atoms with E-state index in [1.54, 1.807) is 14.2 Å². The van der Waals surface area contributed by atoms with E-state index in [2.05, 4.69) is 0 Å². The van der Waals surface area contributed by atoms with Crippen LogP contribution in [0.3, 0.4) is 0 Å². The van der Waals surface area contributed by atoms with E-state index in [0.717, 1.165) is 6.42 Å².